The summed E-state index contributed by atoms with van der Waals surface area (Å²) >= 11 is 0. The molecular formula is C15H20N2O4. The molecule has 2 amide bonds. The first kappa shape index (κ1) is 16.7. The SMILES string of the molecule is CC(C)[C@@H](NC(=O)c1cccc(C(=O)N(C)C)c1)C(=O)O. The van der Waals surface area contributed by atoms with Crippen LogP contribution in [0.1, 0.15) is 34.6 Å². The lowest BCUT2D eigenvalue weighted by molar-refractivity contribution is -0.140. The van der Waals surface area contributed by atoms with Gasteiger partial charge in [-0.2, -0.15) is 0 Å². The Morgan fingerprint density at radius 1 is 1.14 bits per heavy atom. The van der Waals surface area contributed by atoms with Crippen LogP contribution in [0.3, 0.4) is 0 Å². The molecule has 6 heteroatoms. The molecule has 1 aromatic rings. The zero-order valence-electron chi connectivity index (χ0n) is 12.6. The highest BCUT2D eigenvalue weighted by atomic mass is 16.4. The van der Waals surface area contributed by atoms with Crippen LogP contribution < -0.4 is 5.32 Å². The van der Waals surface area contributed by atoms with Crippen molar-refractivity contribution in [2.24, 2.45) is 5.92 Å². The van der Waals surface area contributed by atoms with E-state index in [1.165, 1.54) is 11.0 Å². The molecule has 6 nitrogen and oxygen atoms in total. The quantitative estimate of drug-likeness (QED) is 0.854. The summed E-state index contributed by atoms with van der Waals surface area (Å²) in [6.45, 7) is 3.43. The maximum absolute atomic E-state index is 12.1. The van der Waals surface area contributed by atoms with Gasteiger partial charge in [0.05, 0.1) is 0 Å². The highest BCUT2D eigenvalue weighted by Gasteiger charge is 2.24. The fraction of sp³-hybridized carbons (Fsp3) is 0.400. The topological polar surface area (TPSA) is 86.7 Å². The van der Waals surface area contributed by atoms with Crippen molar-refractivity contribution in [2.45, 2.75) is 19.9 Å². The summed E-state index contributed by atoms with van der Waals surface area (Å²) in [6.07, 6.45) is 0. The smallest absolute Gasteiger partial charge is 0.326 e. The average Bonchev–Trinajstić information content (AvgIpc) is 2.42. The molecule has 2 N–H and O–H groups in total. The highest BCUT2D eigenvalue weighted by molar-refractivity contribution is 6.00. The fourth-order valence-electron chi connectivity index (χ4n) is 1.79. The van der Waals surface area contributed by atoms with E-state index in [9.17, 15) is 14.4 Å². The monoisotopic (exact) mass is 292 g/mol. The van der Waals surface area contributed by atoms with Crippen LogP contribution in [0.25, 0.3) is 0 Å². The Morgan fingerprint density at radius 3 is 2.19 bits per heavy atom. The Morgan fingerprint density at radius 2 is 1.71 bits per heavy atom. The van der Waals surface area contributed by atoms with Crippen LogP contribution in [0, 0.1) is 5.92 Å². The van der Waals surface area contributed by atoms with Crippen molar-refractivity contribution in [1.82, 2.24) is 10.2 Å². The van der Waals surface area contributed by atoms with Gasteiger partial charge in [-0.25, -0.2) is 4.79 Å². The van der Waals surface area contributed by atoms with E-state index in [1.807, 2.05) is 0 Å². The largest absolute Gasteiger partial charge is 0.480 e. The van der Waals surface area contributed by atoms with Crippen LogP contribution in [-0.2, 0) is 4.79 Å². The molecule has 114 valence electrons. The summed E-state index contributed by atoms with van der Waals surface area (Å²) in [5.41, 5.74) is 0.638. The van der Waals surface area contributed by atoms with E-state index in [1.54, 1.807) is 46.1 Å². The zero-order valence-corrected chi connectivity index (χ0v) is 12.6. The predicted octanol–water partition coefficient (Wildman–Crippen LogP) is 1.23. The Hall–Kier alpha value is -2.37. The molecule has 0 aliphatic rings. The number of hydrogen-bond acceptors (Lipinski definition) is 3. The summed E-state index contributed by atoms with van der Waals surface area (Å²) in [7, 11) is 3.24. The molecule has 0 aliphatic carbocycles. The second kappa shape index (κ2) is 6.88. The fourth-order valence-corrected chi connectivity index (χ4v) is 1.79. The zero-order chi connectivity index (χ0) is 16.2. The number of amides is 2. The van der Waals surface area contributed by atoms with E-state index < -0.39 is 17.9 Å². The van der Waals surface area contributed by atoms with Crippen molar-refractivity contribution in [3.05, 3.63) is 35.4 Å². The minimum Gasteiger partial charge on any atom is -0.480 e. The minimum atomic E-state index is -1.08. The molecule has 1 atom stereocenters. The number of benzene rings is 1. The number of rotatable bonds is 5. The maximum atomic E-state index is 12.1. The third-order valence-corrected chi connectivity index (χ3v) is 3.00. The predicted molar refractivity (Wildman–Crippen MR) is 78.2 cm³/mol. The van der Waals surface area contributed by atoms with E-state index in [-0.39, 0.29) is 17.4 Å². The van der Waals surface area contributed by atoms with Gasteiger partial charge in [0.25, 0.3) is 11.8 Å². The lowest BCUT2D eigenvalue weighted by Gasteiger charge is -2.18. The molecule has 0 spiro atoms. The molecule has 0 aromatic heterocycles. The van der Waals surface area contributed by atoms with Crippen LogP contribution >= 0.6 is 0 Å². The molecule has 0 radical (unpaired) electrons. The second-order valence-electron chi connectivity index (χ2n) is 5.31. The molecule has 0 bridgehead atoms. The Labute approximate surface area is 123 Å². The molecule has 0 fully saturated rings. The Kier molecular flexibility index (Phi) is 5.46. The average molecular weight is 292 g/mol. The highest BCUT2D eigenvalue weighted by Crippen LogP contribution is 2.09. The molecule has 21 heavy (non-hydrogen) atoms. The summed E-state index contributed by atoms with van der Waals surface area (Å²) in [5, 5.41) is 11.5. The van der Waals surface area contributed by atoms with Crippen molar-refractivity contribution < 1.29 is 19.5 Å². The third-order valence-electron chi connectivity index (χ3n) is 3.00. The van der Waals surface area contributed by atoms with E-state index in [2.05, 4.69) is 5.32 Å². The van der Waals surface area contributed by atoms with E-state index in [0.29, 0.717) is 5.56 Å². The van der Waals surface area contributed by atoms with Gasteiger partial charge in [-0.1, -0.05) is 19.9 Å². The van der Waals surface area contributed by atoms with Crippen molar-refractivity contribution in [1.29, 1.82) is 0 Å². The van der Waals surface area contributed by atoms with Crippen molar-refractivity contribution in [2.75, 3.05) is 14.1 Å². The van der Waals surface area contributed by atoms with Gasteiger partial charge in [0.15, 0.2) is 0 Å². The lowest BCUT2D eigenvalue weighted by atomic mass is 10.0. The Balaban J connectivity index is 2.95. The molecule has 1 aromatic carbocycles. The molecular weight excluding hydrogens is 272 g/mol. The maximum Gasteiger partial charge on any atom is 0.326 e. The molecule has 0 saturated carbocycles. The van der Waals surface area contributed by atoms with E-state index in [0.717, 1.165) is 0 Å². The summed E-state index contributed by atoms with van der Waals surface area (Å²) in [6, 6.07) is 5.23. The molecule has 0 heterocycles. The van der Waals surface area contributed by atoms with E-state index >= 15 is 0 Å². The van der Waals surface area contributed by atoms with Gasteiger partial charge >= 0.3 is 5.97 Å². The first-order valence-corrected chi connectivity index (χ1v) is 6.59. The third kappa shape index (κ3) is 4.30. The van der Waals surface area contributed by atoms with Gasteiger partial charge in [0.1, 0.15) is 6.04 Å². The van der Waals surface area contributed by atoms with E-state index in [4.69, 9.17) is 5.11 Å². The van der Waals surface area contributed by atoms with Crippen molar-refractivity contribution >= 4 is 17.8 Å². The van der Waals surface area contributed by atoms with Gasteiger partial charge in [-0.15, -0.1) is 0 Å². The van der Waals surface area contributed by atoms with Gasteiger partial charge in [-0.05, 0) is 24.1 Å². The standard InChI is InChI=1S/C15H20N2O4/c1-9(2)12(15(20)21)16-13(18)10-6-5-7-11(8-10)14(19)17(3)4/h5-9,12H,1-4H3,(H,16,18)(H,20,21)/t12-/m1/s1. The van der Waals surface area contributed by atoms with Gasteiger partial charge in [0, 0.05) is 25.2 Å². The molecule has 0 aliphatic heterocycles. The lowest BCUT2D eigenvalue weighted by Crippen LogP contribution is -2.44. The van der Waals surface area contributed by atoms with Crippen LogP contribution in [0.5, 0.6) is 0 Å². The van der Waals surface area contributed by atoms with Gasteiger partial charge in [0.2, 0.25) is 0 Å². The number of carbonyl (C=O) groups excluding carboxylic acids is 2. The van der Waals surface area contributed by atoms with Gasteiger partial charge < -0.3 is 15.3 Å². The summed E-state index contributed by atoms with van der Waals surface area (Å²) < 4.78 is 0. The number of hydrogen-bond donors (Lipinski definition) is 2. The number of carbonyl (C=O) groups is 3. The number of nitrogens with one attached hydrogen (secondary N) is 1. The van der Waals surface area contributed by atoms with Gasteiger partial charge in [-0.3, -0.25) is 9.59 Å². The molecule has 1 rings (SSSR count). The van der Waals surface area contributed by atoms with Crippen LogP contribution in [0.2, 0.25) is 0 Å². The number of aliphatic carboxylic acids is 1. The van der Waals surface area contributed by atoms with Crippen molar-refractivity contribution in [3.8, 4) is 0 Å². The number of carboxylic acid groups (broad SMARTS) is 1. The normalized spacial score (nSPS) is 11.9. The summed E-state index contributed by atoms with van der Waals surface area (Å²) in [5.74, 6) is -2.05. The van der Waals surface area contributed by atoms with Crippen LogP contribution in [0.15, 0.2) is 24.3 Å². The first-order chi connectivity index (χ1) is 9.73. The minimum absolute atomic E-state index is 0.219. The van der Waals surface area contributed by atoms with Crippen LogP contribution in [-0.4, -0.2) is 47.9 Å². The molecule has 0 saturated heterocycles. The number of carboxylic acids is 1. The second-order valence-corrected chi connectivity index (χ2v) is 5.31. The Bertz CT molecular complexity index is 552. The number of nitrogens with zero attached hydrogens (tertiary/aromatic N) is 1. The van der Waals surface area contributed by atoms with Crippen molar-refractivity contribution in [3.63, 3.8) is 0 Å². The first-order valence-electron chi connectivity index (χ1n) is 6.59. The van der Waals surface area contributed by atoms with Crippen LogP contribution in [0.4, 0.5) is 0 Å². The summed E-state index contributed by atoms with van der Waals surface area (Å²) in [4.78, 5) is 36.5. The molecule has 0 unspecified atom stereocenters.